The van der Waals surface area contributed by atoms with Crippen LogP contribution in [0.2, 0.25) is 0 Å². The molecular formula is C19H27N3O8S. The number of nitrogens with zero attached hydrogens (tertiary/aromatic N) is 1. The summed E-state index contributed by atoms with van der Waals surface area (Å²) in [6, 6.07) is -1.63. The van der Waals surface area contributed by atoms with Gasteiger partial charge in [-0.05, 0) is 12.8 Å². The number of carboxylic acid groups (broad SMARTS) is 2. The van der Waals surface area contributed by atoms with Crippen molar-refractivity contribution in [3.05, 3.63) is 11.3 Å². The number of hydrogen-bond donors (Lipinski definition) is 4. The van der Waals surface area contributed by atoms with Gasteiger partial charge >= 0.3 is 17.9 Å². The van der Waals surface area contributed by atoms with Crippen molar-refractivity contribution in [2.24, 2.45) is 0 Å². The second-order valence-electron chi connectivity index (χ2n) is 7.60. The Morgan fingerprint density at radius 3 is 2.48 bits per heavy atom. The van der Waals surface area contributed by atoms with Gasteiger partial charge < -0.3 is 25.6 Å². The zero-order chi connectivity index (χ0) is 23.3. The van der Waals surface area contributed by atoms with Crippen LogP contribution in [0.15, 0.2) is 11.3 Å². The molecule has 0 spiro atoms. The van der Waals surface area contributed by atoms with E-state index in [-0.39, 0.29) is 36.9 Å². The topological polar surface area (TPSA) is 162 Å². The van der Waals surface area contributed by atoms with Gasteiger partial charge in [-0.3, -0.25) is 24.1 Å². The molecule has 1 fully saturated rings. The average molecular weight is 458 g/mol. The number of carbonyl (C=O) groups excluding carboxylic acids is 3. The van der Waals surface area contributed by atoms with Crippen molar-refractivity contribution < 1.29 is 38.9 Å². The summed E-state index contributed by atoms with van der Waals surface area (Å²) in [5, 5.41) is 23.7. The van der Waals surface area contributed by atoms with E-state index in [1.807, 2.05) is 13.8 Å². The van der Waals surface area contributed by atoms with E-state index in [2.05, 4.69) is 10.6 Å². The third kappa shape index (κ3) is 6.20. The number of β-lactam (4-membered cyclic amide) rings is 1. The largest absolute Gasteiger partial charge is 0.480 e. The summed E-state index contributed by atoms with van der Waals surface area (Å²) in [4.78, 5) is 59.8. The minimum atomic E-state index is -1.30. The fraction of sp³-hybridized carbons (Fsp3) is 0.632. The number of carbonyl (C=O) groups is 5. The van der Waals surface area contributed by atoms with E-state index in [9.17, 15) is 34.2 Å². The molecule has 4 N–H and O–H groups in total. The Bertz CT molecular complexity index is 797. The molecule has 0 bridgehead atoms. The van der Waals surface area contributed by atoms with Crippen LogP contribution in [0, 0.1) is 0 Å². The summed E-state index contributed by atoms with van der Waals surface area (Å²) < 4.78 is 4.87. The number of carboxylic acids is 2. The van der Waals surface area contributed by atoms with E-state index in [0.717, 1.165) is 4.90 Å². The first-order valence-corrected chi connectivity index (χ1v) is 10.9. The van der Waals surface area contributed by atoms with Gasteiger partial charge in [-0.25, -0.2) is 4.79 Å². The Kier molecular flexibility index (Phi) is 8.45. The number of nitrogens with one attached hydrogen (secondary N) is 2. The van der Waals surface area contributed by atoms with Crippen molar-refractivity contribution in [1.82, 2.24) is 15.5 Å². The van der Waals surface area contributed by atoms with Crippen molar-refractivity contribution in [3.8, 4) is 0 Å². The summed E-state index contributed by atoms with van der Waals surface area (Å²) in [7, 11) is 0. The molecule has 1 saturated heterocycles. The summed E-state index contributed by atoms with van der Waals surface area (Å²) in [5.74, 6) is -3.56. The van der Waals surface area contributed by atoms with Crippen molar-refractivity contribution in [2.75, 3.05) is 12.4 Å². The molecule has 31 heavy (non-hydrogen) atoms. The number of ether oxygens (including phenoxy) is 1. The van der Waals surface area contributed by atoms with Crippen LogP contribution in [-0.2, 0) is 28.7 Å². The van der Waals surface area contributed by atoms with Gasteiger partial charge in [0.05, 0.1) is 0 Å². The quantitative estimate of drug-likeness (QED) is 0.244. The van der Waals surface area contributed by atoms with Gasteiger partial charge in [0.1, 0.15) is 29.8 Å². The molecule has 172 valence electrons. The number of amides is 2. The molecular weight excluding hydrogens is 430 g/mol. The van der Waals surface area contributed by atoms with Gasteiger partial charge in [0.25, 0.3) is 5.91 Å². The maximum atomic E-state index is 12.5. The highest BCUT2D eigenvalue weighted by molar-refractivity contribution is 8.00. The van der Waals surface area contributed by atoms with Crippen LogP contribution in [0.4, 0.5) is 0 Å². The van der Waals surface area contributed by atoms with Gasteiger partial charge in [0.15, 0.2) is 0 Å². The van der Waals surface area contributed by atoms with Crippen molar-refractivity contribution in [2.45, 2.75) is 63.5 Å². The van der Waals surface area contributed by atoms with Crippen molar-refractivity contribution in [1.29, 1.82) is 0 Å². The van der Waals surface area contributed by atoms with Crippen LogP contribution in [0.1, 0.15) is 40.0 Å². The minimum absolute atomic E-state index is 0.0148. The smallest absolute Gasteiger partial charge is 0.352 e. The van der Waals surface area contributed by atoms with E-state index in [4.69, 9.17) is 4.74 Å². The molecule has 3 atom stereocenters. The lowest BCUT2D eigenvalue weighted by atomic mass is 10.0. The Hall–Kier alpha value is -2.60. The summed E-state index contributed by atoms with van der Waals surface area (Å²) in [6.07, 6.45) is 0.622. The second-order valence-corrected chi connectivity index (χ2v) is 8.70. The molecule has 12 heteroatoms. The van der Waals surface area contributed by atoms with Gasteiger partial charge in [-0.1, -0.05) is 13.8 Å². The lowest BCUT2D eigenvalue weighted by molar-refractivity contribution is -0.151. The normalized spacial score (nSPS) is 21.3. The van der Waals surface area contributed by atoms with Crippen molar-refractivity contribution in [3.63, 3.8) is 0 Å². The standard InChI is InChI=1S/C19H27N3O8S/c1-9(2)20-12(18(26)27)5-4-6-13(24)21-14-16(25)22-15(19(28)29)11(7-30-10(3)23)8-31-17(14)22/h9,12,14,17,20H,4-8H2,1-3H3,(H,21,24)(H,26,27)(H,28,29)/t12?,14-,17-/m1/s1. The van der Waals surface area contributed by atoms with E-state index in [1.165, 1.54) is 18.7 Å². The fourth-order valence-electron chi connectivity index (χ4n) is 3.38. The summed E-state index contributed by atoms with van der Waals surface area (Å²) >= 11 is 1.28. The van der Waals surface area contributed by atoms with Gasteiger partial charge in [-0.15, -0.1) is 11.8 Å². The third-order valence-electron chi connectivity index (χ3n) is 4.75. The Labute approximate surface area is 183 Å². The van der Waals surface area contributed by atoms with Crippen LogP contribution >= 0.6 is 11.8 Å². The molecule has 0 aromatic carbocycles. The number of hydrogen-bond acceptors (Lipinski definition) is 8. The molecule has 0 saturated carbocycles. The highest BCUT2D eigenvalue weighted by Gasteiger charge is 2.54. The zero-order valence-corrected chi connectivity index (χ0v) is 18.4. The molecule has 0 radical (unpaired) electrons. The first-order valence-electron chi connectivity index (χ1n) is 9.84. The van der Waals surface area contributed by atoms with E-state index in [1.54, 1.807) is 0 Å². The summed E-state index contributed by atoms with van der Waals surface area (Å²) in [5.41, 5.74) is 0.101. The maximum Gasteiger partial charge on any atom is 0.352 e. The summed E-state index contributed by atoms with van der Waals surface area (Å²) in [6.45, 7) is 4.65. The molecule has 2 amide bonds. The molecule has 2 aliphatic heterocycles. The Morgan fingerprint density at radius 2 is 1.94 bits per heavy atom. The monoisotopic (exact) mass is 457 g/mol. The van der Waals surface area contributed by atoms with Crippen LogP contribution < -0.4 is 10.6 Å². The Balaban J connectivity index is 1.92. The van der Waals surface area contributed by atoms with Crippen molar-refractivity contribution >= 4 is 41.5 Å². The van der Waals surface area contributed by atoms with E-state index >= 15 is 0 Å². The number of thioether (sulfide) groups is 1. The predicted molar refractivity (Wildman–Crippen MR) is 110 cm³/mol. The molecule has 2 aliphatic rings. The van der Waals surface area contributed by atoms with Crippen LogP contribution in [-0.4, -0.2) is 80.7 Å². The predicted octanol–water partition coefficient (Wildman–Crippen LogP) is -0.0904. The Morgan fingerprint density at radius 1 is 1.26 bits per heavy atom. The molecule has 11 nitrogen and oxygen atoms in total. The van der Waals surface area contributed by atoms with E-state index < -0.39 is 47.2 Å². The SMILES string of the molecule is CC(=O)OCC1=C(C(=O)O)N2C(=O)[C@@H](NC(=O)CCCC(NC(C)C)C(=O)O)[C@H]2SC1. The number of rotatable bonds is 11. The lowest BCUT2D eigenvalue weighted by Gasteiger charge is -2.49. The average Bonchev–Trinajstić information content (AvgIpc) is 2.68. The number of fused-ring (bicyclic) bond motifs is 1. The highest BCUT2D eigenvalue weighted by Crippen LogP contribution is 2.40. The van der Waals surface area contributed by atoms with E-state index in [0.29, 0.717) is 12.0 Å². The fourth-order valence-corrected chi connectivity index (χ4v) is 4.70. The van der Waals surface area contributed by atoms with Gasteiger partial charge in [0.2, 0.25) is 5.91 Å². The van der Waals surface area contributed by atoms with Crippen LogP contribution in [0.25, 0.3) is 0 Å². The van der Waals surface area contributed by atoms with Gasteiger partial charge in [0, 0.05) is 30.7 Å². The first kappa shape index (κ1) is 24.7. The zero-order valence-electron chi connectivity index (χ0n) is 17.5. The third-order valence-corrected chi connectivity index (χ3v) is 6.08. The van der Waals surface area contributed by atoms with Crippen LogP contribution in [0.5, 0.6) is 0 Å². The minimum Gasteiger partial charge on any atom is -0.480 e. The number of esters is 1. The lowest BCUT2D eigenvalue weighted by Crippen LogP contribution is -2.70. The molecule has 0 aromatic heterocycles. The maximum absolute atomic E-state index is 12.5. The number of aliphatic carboxylic acids is 2. The highest BCUT2D eigenvalue weighted by atomic mass is 32.2. The molecule has 1 unspecified atom stereocenters. The molecule has 2 heterocycles. The molecule has 0 aromatic rings. The van der Waals surface area contributed by atoms with Crippen LogP contribution in [0.3, 0.4) is 0 Å². The first-order chi connectivity index (χ1) is 14.5. The van der Waals surface area contributed by atoms with Gasteiger partial charge in [-0.2, -0.15) is 0 Å². The second kappa shape index (κ2) is 10.6. The molecule has 0 aliphatic carbocycles. The molecule has 2 rings (SSSR count).